The van der Waals surface area contributed by atoms with E-state index in [2.05, 4.69) is 130 Å². The summed E-state index contributed by atoms with van der Waals surface area (Å²) in [6.45, 7) is 6.39. The molecule has 1 atom stereocenters. The smallest absolute Gasteiger partial charge is 0.306 e. The molecule has 0 amide bonds. The Balaban J connectivity index is 4.29. The molecule has 0 aliphatic carbocycles. The van der Waals surface area contributed by atoms with Crippen molar-refractivity contribution < 1.29 is 28.6 Å². The van der Waals surface area contributed by atoms with E-state index in [4.69, 9.17) is 14.2 Å². The van der Waals surface area contributed by atoms with Crippen molar-refractivity contribution in [2.75, 3.05) is 13.2 Å². The summed E-state index contributed by atoms with van der Waals surface area (Å²) >= 11 is 0. The lowest BCUT2D eigenvalue weighted by atomic mass is 10.1. The zero-order chi connectivity index (χ0) is 47.2. The number of unbranched alkanes of at least 4 members (excludes halogenated alkanes) is 17. The van der Waals surface area contributed by atoms with Gasteiger partial charge in [0.05, 0.1) is 0 Å². The molecule has 0 heterocycles. The molecule has 0 saturated heterocycles. The first-order valence-electron chi connectivity index (χ1n) is 26.4. The first-order chi connectivity index (χ1) is 32.0. The van der Waals surface area contributed by atoms with Crippen LogP contribution >= 0.6 is 0 Å². The third-order valence-corrected chi connectivity index (χ3v) is 10.8. The second-order valence-corrected chi connectivity index (χ2v) is 17.1. The summed E-state index contributed by atoms with van der Waals surface area (Å²) in [4.78, 5) is 37.7. The number of carbonyl (C=O) groups is 3. The number of rotatable bonds is 46. The molecule has 0 spiro atoms. The summed E-state index contributed by atoms with van der Waals surface area (Å²) in [5, 5.41) is 0. The molecule has 65 heavy (non-hydrogen) atoms. The molecule has 0 aromatic carbocycles. The Hall–Kier alpha value is -3.93. The van der Waals surface area contributed by atoms with Crippen molar-refractivity contribution in [1.82, 2.24) is 0 Å². The minimum atomic E-state index is -0.797. The van der Waals surface area contributed by atoms with Gasteiger partial charge < -0.3 is 14.2 Å². The Morgan fingerprint density at radius 2 is 0.600 bits per heavy atom. The van der Waals surface area contributed by atoms with Crippen LogP contribution in [-0.2, 0) is 28.6 Å². The summed E-state index contributed by atoms with van der Waals surface area (Å²) in [6.07, 6.45) is 71.0. The lowest BCUT2D eigenvalue weighted by Gasteiger charge is -2.18. The number of ether oxygens (including phenoxy) is 3. The number of allylic oxidation sites excluding steroid dienone is 18. The molecule has 368 valence electrons. The van der Waals surface area contributed by atoms with Crippen LogP contribution in [0.1, 0.15) is 226 Å². The second kappa shape index (κ2) is 52.7. The van der Waals surface area contributed by atoms with Gasteiger partial charge in [-0.05, 0) is 109 Å². The largest absolute Gasteiger partial charge is 0.462 e. The van der Waals surface area contributed by atoms with Crippen LogP contribution in [0.25, 0.3) is 0 Å². The topological polar surface area (TPSA) is 78.9 Å². The molecule has 0 bridgehead atoms. The van der Waals surface area contributed by atoms with Gasteiger partial charge in [0.15, 0.2) is 6.10 Å². The van der Waals surface area contributed by atoms with E-state index < -0.39 is 6.10 Å². The first kappa shape index (κ1) is 61.1. The van der Waals surface area contributed by atoms with Crippen molar-refractivity contribution in [2.45, 2.75) is 232 Å². The average Bonchev–Trinajstić information content (AvgIpc) is 3.30. The molecule has 0 aliphatic heterocycles. The van der Waals surface area contributed by atoms with Gasteiger partial charge in [-0.3, -0.25) is 14.4 Å². The summed E-state index contributed by atoms with van der Waals surface area (Å²) in [5.41, 5.74) is 0. The van der Waals surface area contributed by atoms with Crippen molar-refractivity contribution >= 4 is 17.9 Å². The molecular weight excluding hydrogens is 805 g/mol. The molecule has 6 heteroatoms. The lowest BCUT2D eigenvalue weighted by molar-refractivity contribution is -0.167. The fourth-order valence-electron chi connectivity index (χ4n) is 6.80. The summed E-state index contributed by atoms with van der Waals surface area (Å²) in [6, 6.07) is 0. The fourth-order valence-corrected chi connectivity index (χ4v) is 6.80. The van der Waals surface area contributed by atoms with E-state index in [0.29, 0.717) is 19.3 Å². The van der Waals surface area contributed by atoms with Crippen LogP contribution in [0, 0.1) is 0 Å². The van der Waals surface area contributed by atoms with Crippen molar-refractivity contribution in [3.63, 3.8) is 0 Å². The Labute approximate surface area is 400 Å². The summed E-state index contributed by atoms with van der Waals surface area (Å²) < 4.78 is 16.6. The van der Waals surface area contributed by atoms with Gasteiger partial charge in [0, 0.05) is 19.3 Å². The molecule has 0 saturated carbocycles. The minimum Gasteiger partial charge on any atom is -0.462 e. The normalized spacial score (nSPS) is 13.0. The van der Waals surface area contributed by atoms with E-state index in [-0.39, 0.29) is 31.1 Å². The molecular formula is C59H96O6. The van der Waals surface area contributed by atoms with Crippen LogP contribution in [0.4, 0.5) is 0 Å². The monoisotopic (exact) mass is 901 g/mol. The maximum Gasteiger partial charge on any atom is 0.306 e. The van der Waals surface area contributed by atoms with Crippen LogP contribution in [0.5, 0.6) is 0 Å². The van der Waals surface area contributed by atoms with Gasteiger partial charge in [-0.1, -0.05) is 207 Å². The number of esters is 3. The van der Waals surface area contributed by atoms with Crippen molar-refractivity contribution in [2.24, 2.45) is 0 Å². The molecule has 6 nitrogen and oxygen atoms in total. The van der Waals surface area contributed by atoms with Gasteiger partial charge >= 0.3 is 17.9 Å². The average molecular weight is 901 g/mol. The predicted molar refractivity (Wildman–Crippen MR) is 279 cm³/mol. The quantitative estimate of drug-likeness (QED) is 0.0262. The zero-order valence-electron chi connectivity index (χ0n) is 42.0. The molecule has 1 unspecified atom stereocenters. The van der Waals surface area contributed by atoms with Gasteiger partial charge in [0.1, 0.15) is 13.2 Å². The maximum atomic E-state index is 12.7. The highest BCUT2D eigenvalue weighted by Crippen LogP contribution is 2.13. The van der Waals surface area contributed by atoms with Crippen LogP contribution in [0.15, 0.2) is 109 Å². The van der Waals surface area contributed by atoms with Crippen LogP contribution < -0.4 is 0 Å². The Kier molecular flexibility index (Phi) is 49.5. The first-order valence-corrected chi connectivity index (χ1v) is 26.4. The number of hydrogen-bond acceptors (Lipinski definition) is 6. The van der Waals surface area contributed by atoms with Gasteiger partial charge in [0.25, 0.3) is 0 Å². The number of hydrogen-bond donors (Lipinski definition) is 0. The highest BCUT2D eigenvalue weighted by Gasteiger charge is 2.19. The van der Waals surface area contributed by atoms with Gasteiger partial charge in [0.2, 0.25) is 0 Å². The van der Waals surface area contributed by atoms with Crippen molar-refractivity contribution in [3.05, 3.63) is 109 Å². The Morgan fingerprint density at radius 1 is 0.323 bits per heavy atom. The van der Waals surface area contributed by atoms with E-state index in [1.54, 1.807) is 0 Å². The lowest BCUT2D eigenvalue weighted by Crippen LogP contribution is -2.30. The van der Waals surface area contributed by atoms with E-state index in [9.17, 15) is 14.4 Å². The van der Waals surface area contributed by atoms with E-state index in [0.717, 1.165) is 122 Å². The summed E-state index contributed by atoms with van der Waals surface area (Å²) in [7, 11) is 0. The van der Waals surface area contributed by atoms with Gasteiger partial charge in [-0.15, -0.1) is 0 Å². The van der Waals surface area contributed by atoms with Crippen LogP contribution in [0.2, 0.25) is 0 Å². The molecule has 0 aromatic rings. The van der Waals surface area contributed by atoms with Crippen LogP contribution in [-0.4, -0.2) is 37.2 Å². The Morgan fingerprint density at radius 3 is 0.985 bits per heavy atom. The maximum absolute atomic E-state index is 12.7. The zero-order valence-corrected chi connectivity index (χ0v) is 42.0. The van der Waals surface area contributed by atoms with E-state index in [1.807, 2.05) is 0 Å². The highest BCUT2D eigenvalue weighted by molar-refractivity contribution is 5.71. The van der Waals surface area contributed by atoms with E-state index in [1.165, 1.54) is 64.2 Å². The second-order valence-electron chi connectivity index (χ2n) is 17.1. The molecule has 0 aromatic heterocycles. The summed E-state index contributed by atoms with van der Waals surface area (Å²) in [5.74, 6) is -0.967. The SMILES string of the molecule is CC/C=C\C/C=C\C/C=C\C/C=C\C/C=C\C/C=C\C/C=C\C/C=C\CCCCC(=O)OCC(COC(=O)CCCCCCCC)OC(=O)CCCCCCC/C=C\CCCCCCC. The fraction of sp³-hybridized carbons (Fsp3) is 0.644. The van der Waals surface area contributed by atoms with Crippen molar-refractivity contribution in [3.8, 4) is 0 Å². The molecule has 0 aliphatic rings. The predicted octanol–water partition coefficient (Wildman–Crippen LogP) is 17.5. The van der Waals surface area contributed by atoms with Crippen molar-refractivity contribution in [1.29, 1.82) is 0 Å². The van der Waals surface area contributed by atoms with Gasteiger partial charge in [-0.25, -0.2) is 0 Å². The van der Waals surface area contributed by atoms with Gasteiger partial charge in [-0.2, -0.15) is 0 Å². The Bertz CT molecular complexity index is 1360. The highest BCUT2D eigenvalue weighted by atomic mass is 16.6. The van der Waals surface area contributed by atoms with E-state index >= 15 is 0 Å². The number of carbonyl (C=O) groups excluding carboxylic acids is 3. The standard InChI is InChI=1S/C59H96O6/c1-4-7-10-13-16-18-20-22-24-25-26-27-28-29-30-31-32-33-34-35-36-38-39-41-43-46-49-52-58(61)64-55-56(54-63-57(60)51-48-45-15-12-9-6-3)65-59(62)53-50-47-44-42-40-37-23-21-19-17-14-11-8-5-2/h7,10,16,18,21-24,26-27,29-30,32-33,35-36,39,41,56H,4-6,8-9,11-15,17,19-20,25,28,31,34,37-38,40,42-55H2,1-3H3/b10-7-,18-16-,23-21-,24-22-,27-26-,30-29-,33-32-,36-35-,41-39-. The molecule has 0 fully saturated rings. The molecule has 0 N–H and O–H groups in total. The third-order valence-electron chi connectivity index (χ3n) is 10.8. The van der Waals surface area contributed by atoms with Crippen LogP contribution in [0.3, 0.4) is 0 Å². The molecule has 0 rings (SSSR count). The minimum absolute atomic E-state index is 0.0966. The molecule has 0 radical (unpaired) electrons. The third kappa shape index (κ3) is 50.9.